The summed E-state index contributed by atoms with van der Waals surface area (Å²) in [4.78, 5) is 12.9. The van der Waals surface area contributed by atoms with Gasteiger partial charge in [-0.2, -0.15) is 0 Å². The number of nitrogens with one attached hydrogen (secondary N) is 1. The van der Waals surface area contributed by atoms with Crippen molar-refractivity contribution in [3.63, 3.8) is 0 Å². The van der Waals surface area contributed by atoms with E-state index < -0.39 is 0 Å². The van der Waals surface area contributed by atoms with Crippen LogP contribution in [-0.2, 0) is 4.79 Å². The Morgan fingerprint density at radius 2 is 2.25 bits per heavy atom. The van der Waals surface area contributed by atoms with Crippen LogP contribution in [-0.4, -0.2) is 11.2 Å². The SMILES string of the molecule is CC(C)CC1Sc2ccc(N)cc2NC1=O. The van der Waals surface area contributed by atoms with Crippen LogP contribution in [0.5, 0.6) is 0 Å². The van der Waals surface area contributed by atoms with E-state index in [0.717, 1.165) is 17.0 Å². The monoisotopic (exact) mass is 236 g/mol. The van der Waals surface area contributed by atoms with Gasteiger partial charge in [-0.3, -0.25) is 4.79 Å². The number of nitrogens with two attached hydrogens (primary N) is 1. The van der Waals surface area contributed by atoms with Crippen molar-refractivity contribution in [2.75, 3.05) is 11.1 Å². The minimum Gasteiger partial charge on any atom is -0.399 e. The van der Waals surface area contributed by atoms with Crippen LogP contribution in [0.1, 0.15) is 20.3 Å². The van der Waals surface area contributed by atoms with Crippen molar-refractivity contribution < 1.29 is 4.79 Å². The van der Waals surface area contributed by atoms with Crippen molar-refractivity contribution in [2.24, 2.45) is 5.92 Å². The van der Waals surface area contributed by atoms with Gasteiger partial charge in [-0.15, -0.1) is 11.8 Å². The summed E-state index contributed by atoms with van der Waals surface area (Å²) in [5.74, 6) is 0.621. The van der Waals surface area contributed by atoms with Gasteiger partial charge in [0.05, 0.1) is 10.9 Å². The molecule has 1 unspecified atom stereocenters. The summed E-state index contributed by atoms with van der Waals surface area (Å²) in [5.41, 5.74) is 7.21. The Hall–Kier alpha value is -1.16. The average Bonchev–Trinajstić information content (AvgIpc) is 2.19. The summed E-state index contributed by atoms with van der Waals surface area (Å²) >= 11 is 1.63. The van der Waals surface area contributed by atoms with Crippen molar-refractivity contribution in [1.82, 2.24) is 0 Å². The van der Waals surface area contributed by atoms with Crippen molar-refractivity contribution in [1.29, 1.82) is 0 Å². The molecule has 1 aromatic carbocycles. The summed E-state index contributed by atoms with van der Waals surface area (Å²) < 4.78 is 0. The second-order valence-corrected chi connectivity index (χ2v) is 5.73. The molecule has 0 saturated heterocycles. The Balaban J connectivity index is 2.22. The fourth-order valence-corrected chi connectivity index (χ4v) is 3.09. The second-order valence-electron chi connectivity index (χ2n) is 4.48. The van der Waals surface area contributed by atoms with Gasteiger partial charge in [0.1, 0.15) is 0 Å². The molecule has 0 fully saturated rings. The maximum Gasteiger partial charge on any atom is 0.237 e. The summed E-state index contributed by atoms with van der Waals surface area (Å²) in [5, 5.41) is 2.94. The molecular weight excluding hydrogens is 220 g/mol. The standard InChI is InChI=1S/C12H16N2OS/c1-7(2)5-11-12(15)14-9-6-8(13)3-4-10(9)16-11/h3-4,6-7,11H,5,13H2,1-2H3,(H,14,15). The van der Waals surface area contributed by atoms with Crippen LogP contribution in [0.25, 0.3) is 0 Å². The molecular formula is C12H16N2OS. The number of carbonyl (C=O) groups is 1. The molecule has 1 amide bonds. The quantitative estimate of drug-likeness (QED) is 0.776. The van der Waals surface area contributed by atoms with Gasteiger partial charge in [0.2, 0.25) is 5.91 Å². The topological polar surface area (TPSA) is 55.1 Å². The third kappa shape index (κ3) is 2.32. The molecule has 1 heterocycles. The Kier molecular flexibility index (Phi) is 3.10. The minimum atomic E-state index is 0.0242. The van der Waals surface area contributed by atoms with E-state index in [1.54, 1.807) is 11.8 Å². The van der Waals surface area contributed by atoms with E-state index >= 15 is 0 Å². The lowest BCUT2D eigenvalue weighted by atomic mass is 10.1. The molecule has 2 rings (SSSR count). The van der Waals surface area contributed by atoms with Crippen molar-refractivity contribution >= 4 is 29.0 Å². The summed E-state index contributed by atoms with van der Waals surface area (Å²) in [6.07, 6.45) is 0.903. The van der Waals surface area contributed by atoms with Crippen molar-refractivity contribution in [3.8, 4) is 0 Å². The largest absolute Gasteiger partial charge is 0.399 e. The highest BCUT2D eigenvalue weighted by Gasteiger charge is 2.27. The van der Waals surface area contributed by atoms with E-state index in [4.69, 9.17) is 5.73 Å². The fraction of sp³-hybridized carbons (Fsp3) is 0.417. The summed E-state index contributed by atoms with van der Waals surface area (Å²) in [6, 6.07) is 5.66. The molecule has 1 aliphatic rings. The zero-order valence-electron chi connectivity index (χ0n) is 9.49. The highest BCUT2D eigenvalue weighted by molar-refractivity contribution is 8.01. The Bertz CT molecular complexity index is 417. The first-order valence-electron chi connectivity index (χ1n) is 5.43. The van der Waals surface area contributed by atoms with Gasteiger partial charge >= 0.3 is 0 Å². The normalized spacial score (nSPS) is 19.4. The first-order valence-corrected chi connectivity index (χ1v) is 6.31. The molecule has 0 saturated carbocycles. The first kappa shape index (κ1) is 11.3. The summed E-state index contributed by atoms with van der Waals surface area (Å²) in [6.45, 7) is 4.26. The van der Waals surface area contributed by atoms with Crippen LogP contribution in [0.4, 0.5) is 11.4 Å². The molecule has 0 spiro atoms. The van der Waals surface area contributed by atoms with Crippen LogP contribution in [0.3, 0.4) is 0 Å². The minimum absolute atomic E-state index is 0.0242. The predicted molar refractivity (Wildman–Crippen MR) is 68.6 cm³/mol. The summed E-state index contributed by atoms with van der Waals surface area (Å²) in [7, 11) is 0. The molecule has 0 aliphatic carbocycles. The number of hydrogen-bond acceptors (Lipinski definition) is 3. The molecule has 1 aliphatic heterocycles. The zero-order valence-corrected chi connectivity index (χ0v) is 10.3. The number of amides is 1. The van der Waals surface area contributed by atoms with Crippen molar-refractivity contribution in [2.45, 2.75) is 30.4 Å². The first-order chi connectivity index (χ1) is 7.56. The van der Waals surface area contributed by atoms with Crippen LogP contribution in [0, 0.1) is 5.92 Å². The predicted octanol–water partition coefficient (Wildman–Crippen LogP) is 2.73. The molecule has 1 atom stereocenters. The molecule has 4 heteroatoms. The highest BCUT2D eigenvalue weighted by Crippen LogP contribution is 2.38. The number of rotatable bonds is 2. The number of nitrogen functional groups attached to an aromatic ring is 1. The average molecular weight is 236 g/mol. The van der Waals surface area contributed by atoms with E-state index in [9.17, 15) is 4.79 Å². The van der Waals surface area contributed by atoms with Gasteiger partial charge in [0.25, 0.3) is 0 Å². The maximum absolute atomic E-state index is 11.8. The van der Waals surface area contributed by atoms with E-state index in [1.165, 1.54) is 0 Å². The van der Waals surface area contributed by atoms with Crippen LogP contribution in [0.2, 0.25) is 0 Å². The van der Waals surface area contributed by atoms with Crippen LogP contribution >= 0.6 is 11.8 Å². The van der Waals surface area contributed by atoms with E-state index in [2.05, 4.69) is 19.2 Å². The number of benzene rings is 1. The Labute approximate surface area is 99.8 Å². The molecule has 0 radical (unpaired) electrons. The van der Waals surface area contributed by atoms with Gasteiger partial charge < -0.3 is 11.1 Å². The number of thioether (sulfide) groups is 1. The lowest BCUT2D eigenvalue weighted by Gasteiger charge is -2.25. The Morgan fingerprint density at radius 3 is 2.94 bits per heavy atom. The number of carbonyl (C=O) groups excluding carboxylic acids is 1. The Morgan fingerprint density at radius 1 is 1.50 bits per heavy atom. The highest BCUT2D eigenvalue weighted by atomic mass is 32.2. The molecule has 3 N–H and O–H groups in total. The van der Waals surface area contributed by atoms with E-state index in [-0.39, 0.29) is 11.2 Å². The lowest BCUT2D eigenvalue weighted by Crippen LogP contribution is -2.30. The second kappa shape index (κ2) is 4.37. The zero-order chi connectivity index (χ0) is 11.7. The number of hydrogen-bond donors (Lipinski definition) is 2. The van der Waals surface area contributed by atoms with Gasteiger partial charge in [-0.1, -0.05) is 13.8 Å². The van der Waals surface area contributed by atoms with E-state index in [1.807, 2.05) is 18.2 Å². The van der Waals surface area contributed by atoms with Crippen LogP contribution in [0.15, 0.2) is 23.1 Å². The fourth-order valence-electron chi connectivity index (χ4n) is 1.75. The molecule has 16 heavy (non-hydrogen) atoms. The number of fused-ring (bicyclic) bond motifs is 1. The molecule has 3 nitrogen and oxygen atoms in total. The molecule has 1 aromatic rings. The van der Waals surface area contributed by atoms with Crippen molar-refractivity contribution in [3.05, 3.63) is 18.2 Å². The lowest BCUT2D eigenvalue weighted by molar-refractivity contribution is -0.116. The molecule has 86 valence electrons. The maximum atomic E-state index is 11.8. The molecule has 0 bridgehead atoms. The number of anilines is 2. The van der Waals surface area contributed by atoms with Gasteiger partial charge in [-0.05, 0) is 30.5 Å². The smallest absolute Gasteiger partial charge is 0.237 e. The third-order valence-electron chi connectivity index (χ3n) is 2.51. The van der Waals surface area contributed by atoms with Crippen LogP contribution < -0.4 is 11.1 Å². The molecule has 0 aromatic heterocycles. The van der Waals surface area contributed by atoms with Gasteiger partial charge in [-0.25, -0.2) is 0 Å². The van der Waals surface area contributed by atoms with Gasteiger partial charge in [0.15, 0.2) is 0 Å². The van der Waals surface area contributed by atoms with E-state index in [0.29, 0.717) is 11.6 Å². The van der Waals surface area contributed by atoms with Gasteiger partial charge in [0, 0.05) is 10.6 Å². The third-order valence-corrected chi connectivity index (χ3v) is 3.81.